The molecule has 4 heterocycles. The lowest BCUT2D eigenvalue weighted by atomic mass is 10.00. The lowest BCUT2D eigenvalue weighted by Crippen LogP contribution is -2.49. The van der Waals surface area contributed by atoms with Crippen LogP contribution in [0.25, 0.3) is 0 Å². The van der Waals surface area contributed by atoms with Gasteiger partial charge in [0.15, 0.2) is 0 Å². The van der Waals surface area contributed by atoms with Crippen LogP contribution in [0.2, 0.25) is 0 Å². The van der Waals surface area contributed by atoms with E-state index in [-0.39, 0.29) is 62.5 Å². The highest BCUT2D eigenvalue weighted by Gasteiger charge is 2.43. The summed E-state index contributed by atoms with van der Waals surface area (Å²) in [5.41, 5.74) is 2.51. The number of benzene rings is 2. The Morgan fingerprint density at radius 3 is 2.40 bits per heavy atom. The number of nitrogens with one attached hydrogen (secondary N) is 1. The van der Waals surface area contributed by atoms with Crippen LogP contribution in [0.15, 0.2) is 35.2 Å². The highest BCUT2D eigenvalue weighted by atomic mass is 32.2. The van der Waals surface area contributed by atoms with Gasteiger partial charge in [0.2, 0.25) is 10.0 Å². The van der Waals surface area contributed by atoms with Crippen LogP contribution in [-0.4, -0.2) is 92.4 Å². The molecule has 1 atom stereocenters. The first-order valence-corrected chi connectivity index (χ1v) is 15.4. The monoisotopic (exact) mass is 609 g/mol. The minimum absolute atomic E-state index is 0.0597. The molecule has 0 saturated carbocycles. The second-order valence-electron chi connectivity index (χ2n) is 11.2. The molecular weight excluding hydrogens is 578 g/mol. The van der Waals surface area contributed by atoms with Gasteiger partial charge in [-0.05, 0) is 66.8 Å². The van der Waals surface area contributed by atoms with Crippen molar-refractivity contribution in [3.63, 3.8) is 0 Å². The van der Waals surface area contributed by atoms with Gasteiger partial charge in [0, 0.05) is 64.0 Å². The Balaban J connectivity index is 1.14. The number of alkyl halides is 3. The van der Waals surface area contributed by atoms with Crippen molar-refractivity contribution in [2.24, 2.45) is 0 Å². The van der Waals surface area contributed by atoms with Crippen molar-refractivity contribution >= 4 is 27.5 Å². The molecule has 42 heavy (non-hydrogen) atoms. The number of fused-ring (bicyclic) bond motifs is 2. The zero-order valence-electron chi connectivity index (χ0n) is 22.8. The van der Waals surface area contributed by atoms with Gasteiger partial charge in [-0.1, -0.05) is 6.07 Å². The maximum absolute atomic E-state index is 15.2. The van der Waals surface area contributed by atoms with Gasteiger partial charge in [-0.15, -0.1) is 0 Å². The van der Waals surface area contributed by atoms with Gasteiger partial charge in [-0.3, -0.25) is 9.59 Å². The number of rotatable bonds is 4. The molecule has 0 spiro atoms. The van der Waals surface area contributed by atoms with E-state index in [0.29, 0.717) is 40.4 Å². The Bertz CT molecular complexity index is 1520. The predicted molar refractivity (Wildman–Crippen MR) is 145 cm³/mol. The average molecular weight is 610 g/mol. The Morgan fingerprint density at radius 1 is 0.952 bits per heavy atom. The molecule has 4 aliphatic rings. The van der Waals surface area contributed by atoms with Gasteiger partial charge in [0.05, 0.1) is 10.6 Å². The van der Waals surface area contributed by atoms with Gasteiger partial charge >= 0.3 is 12.1 Å². The van der Waals surface area contributed by atoms with E-state index in [2.05, 4.69) is 5.32 Å². The van der Waals surface area contributed by atoms with Crippen LogP contribution in [0.3, 0.4) is 0 Å². The molecule has 2 saturated heterocycles. The van der Waals surface area contributed by atoms with Crippen LogP contribution in [-0.2, 0) is 34.3 Å². The van der Waals surface area contributed by atoms with Crippen LogP contribution in [0.1, 0.15) is 39.9 Å². The summed E-state index contributed by atoms with van der Waals surface area (Å²) in [7, 11) is -3.98. The Hall–Kier alpha value is -3.23. The number of piperazine rings is 1. The summed E-state index contributed by atoms with van der Waals surface area (Å²) in [5.74, 6) is -2.65. The number of piperidine rings is 1. The fourth-order valence-electron chi connectivity index (χ4n) is 6.35. The first kappa shape index (κ1) is 28.9. The van der Waals surface area contributed by atoms with E-state index in [1.807, 2.05) is 0 Å². The molecule has 4 aliphatic heterocycles. The van der Waals surface area contributed by atoms with Crippen molar-refractivity contribution in [2.75, 3.05) is 50.7 Å². The van der Waals surface area contributed by atoms with E-state index in [1.54, 1.807) is 21.9 Å². The topological polar surface area (TPSA) is 93.3 Å². The number of hydrogen-bond acceptors (Lipinski definition) is 6. The minimum Gasteiger partial charge on any atom is -0.367 e. The summed E-state index contributed by atoms with van der Waals surface area (Å²) >= 11 is 0. The first-order valence-electron chi connectivity index (χ1n) is 14.0. The molecule has 226 valence electrons. The first-order chi connectivity index (χ1) is 19.9. The normalized spacial score (nSPS) is 21.9. The molecule has 2 aromatic rings. The smallest absolute Gasteiger partial charge is 0.367 e. The molecule has 0 aromatic heterocycles. The highest BCUT2D eigenvalue weighted by molar-refractivity contribution is 7.89. The average Bonchev–Trinajstić information content (AvgIpc) is 3.30. The molecule has 9 nitrogen and oxygen atoms in total. The number of nitrogens with zero attached hydrogens (tertiary/aromatic N) is 4. The van der Waals surface area contributed by atoms with E-state index in [9.17, 15) is 31.2 Å². The fraction of sp³-hybridized carbons (Fsp3) is 0.500. The van der Waals surface area contributed by atoms with Gasteiger partial charge < -0.3 is 20.0 Å². The second kappa shape index (κ2) is 10.8. The van der Waals surface area contributed by atoms with Gasteiger partial charge in [0.1, 0.15) is 5.82 Å². The molecule has 6 rings (SSSR count). The van der Waals surface area contributed by atoms with E-state index in [1.165, 1.54) is 22.5 Å². The molecule has 0 bridgehead atoms. The van der Waals surface area contributed by atoms with E-state index >= 15 is 4.39 Å². The maximum atomic E-state index is 15.2. The van der Waals surface area contributed by atoms with Crippen molar-refractivity contribution in [3.8, 4) is 0 Å². The molecular formula is C28H31F4N5O4S. The van der Waals surface area contributed by atoms with E-state index in [4.69, 9.17) is 0 Å². The standard InChI is InChI=1S/C28H31F4N5O4S/c29-24-14-23-20(17-37(26(23)38)21-2-1-6-33-15-21)13-25(24)34-8-10-36(11-9-34)42(40,41)22-4-3-18-5-7-35(16-19(18)12-22)27(39)28(30,31)32/h3-4,12-14,21,33H,1-2,5-11,15-17H2. The molecule has 2 aromatic carbocycles. The van der Waals surface area contributed by atoms with Crippen molar-refractivity contribution in [1.29, 1.82) is 0 Å². The number of amides is 2. The third-order valence-corrected chi connectivity index (χ3v) is 10.5. The van der Waals surface area contributed by atoms with Crippen LogP contribution in [0.5, 0.6) is 0 Å². The highest BCUT2D eigenvalue weighted by Crippen LogP contribution is 2.33. The summed E-state index contributed by atoms with van der Waals surface area (Å²) in [4.78, 5) is 28.9. The van der Waals surface area contributed by atoms with Gasteiger partial charge in [0.25, 0.3) is 5.91 Å². The molecule has 0 aliphatic carbocycles. The third kappa shape index (κ3) is 5.24. The molecule has 1 unspecified atom stereocenters. The van der Waals surface area contributed by atoms with Gasteiger partial charge in [-0.25, -0.2) is 12.8 Å². The fourth-order valence-corrected chi connectivity index (χ4v) is 7.82. The summed E-state index contributed by atoms with van der Waals surface area (Å²) in [5, 5.41) is 3.30. The van der Waals surface area contributed by atoms with Gasteiger partial charge in [-0.2, -0.15) is 17.5 Å². The number of carbonyl (C=O) groups excluding carboxylic acids is 2. The zero-order valence-corrected chi connectivity index (χ0v) is 23.6. The number of sulfonamides is 1. The lowest BCUT2D eigenvalue weighted by molar-refractivity contribution is -0.186. The molecule has 1 N–H and O–H groups in total. The molecule has 14 heteroatoms. The molecule has 2 amide bonds. The van der Waals surface area contributed by atoms with Crippen molar-refractivity contribution in [1.82, 2.24) is 19.4 Å². The van der Waals surface area contributed by atoms with Crippen LogP contribution >= 0.6 is 0 Å². The quantitative estimate of drug-likeness (QED) is 0.536. The SMILES string of the molecule is O=C1c2cc(F)c(N3CCN(S(=O)(=O)c4ccc5c(c4)CN(C(=O)C(F)(F)F)CC5)CC3)cc2CN1C1CCCNC1. The summed E-state index contributed by atoms with van der Waals surface area (Å²) in [6.07, 6.45) is -2.93. The number of halogens is 4. The number of carbonyl (C=O) groups is 2. The third-order valence-electron chi connectivity index (χ3n) is 8.65. The summed E-state index contributed by atoms with van der Waals surface area (Å²) in [6, 6.07) is 7.41. The predicted octanol–water partition coefficient (Wildman–Crippen LogP) is 2.49. The Kier molecular flexibility index (Phi) is 7.42. The largest absolute Gasteiger partial charge is 0.471 e. The van der Waals surface area contributed by atoms with E-state index in [0.717, 1.165) is 24.9 Å². The Morgan fingerprint density at radius 2 is 1.71 bits per heavy atom. The van der Waals surface area contributed by atoms with Crippen molar-refractivity contribution in [2.45, 2.75) is 49.5 Å². The number of anilines is 1. The summed E-state index contributed by atoms with van der Waals surface area (Å²) in [6.45, 7) is 2.21. The molecule has 0 radical (unpaired) electrons. The second-order valence-corrected chi connectivity index (χ2v) is 13.1. The van der Waals surface area contributed by atoms with Crippen LogP contribution < -0.4 is 10.2 Å². The molecule has 2 fully saturated rings. The van der Waals surface area contributed by atoms with E-state index < -0.39 is 27.9 Å². The van der Waals surface area contributed by atoms with Crippen LogP contribution in [0.4, 0.5) is 23.2 Å². The lowest BCUT2D eigenvalue weighted by Gasteiger charge is -2.36. The van der Waals surface area contributed by atoms with Crippen LogP contribution in [0, 0.1) is 5.82 Å². The maximum Gasteiger partial charge on any atom is 0.471 e. The number of hydrogen-bond donors (Lipinski definition) is 1. The van der Waals surface area contributed by atoms with Crippen molar-refractivity contribution in [3.05, 3.63) is 58.4 Å². The Labute approximate surface area is 241 Å². The zero-order chi connectivity index (χ0) is 29.8. The van der Waals surface area contributed by atoms with Crippen molar-refractivity contribution < 1.29 is 35.6 Å². The minimum atomic E-state index is -5.00. The summed E-state index contributed by atoms with van der Waals surface area (Å²) < 4.78 is 82.2.